The zero-order chi connectivity index (χ0) is 26.0. The average molecular weight is 511 g/mol. The van der Waals surface area contributed by atoms with Crippen molar-refractivity contribution in [3.63, 3.8) is 0 Å². The molecular formula is C26H30N4O5S. The van der Waals surface area contributed by atoms with E-state index in [-0.39, 0.29) is 35.0 Å². The van der Waals surface area contributed by atoms with Gasteiger partial charge in [0, 0.05) is 41.7 Å². The van der Waals surface area contributed by atoms with Crippen LogP contribution in [0.5, 0.6) is 5.75 Å². The van der Waals surface area contributed by atoms with Crippen LogP contribution in [0.25, 0.3) is 21.9 Å². The minimum Gasteiger partial charge on any atom is -0.497 e. The van der Waals surface area contributed by atoms with Crippen LogP contribution in [0.3, 0.4) is 0 Å². The van der Waals surface area contributed by atoms with E-state index in [2.05, 4.69) is 9.88 Å². The van der Waals surface area contributed by atoms with E-state index in [0.717, 1.165) is 22.2 Å². The SMILES string of the molecule is COc1ccc2c(=O)n(CCNS(=O)(=O)c3c(C)noc3C)c(CN(C)C)c(-c3ccccc3)c2c1. The first-order valence-corrected chi connectivity index (χ1v) is 13.0. The van der Waals surface area contributed by atoms with Crippen LogP contribution in [0.15, 0.2) is 62.7 Å². The molecule has 190 valence electrons. The molecule has 0 fully saturated rings. The zero-order valence-electron chi connectivity index (χ0n) is 21.0. The summed E-state index contributed by atoms with van der Waals surface area (Å²) < 4.78 is 40.6. The summed E-state index contributed by atoms with van der Waals surface area (Å²) in [6.45, 7) is 3.77. The van der Waals surface area contributed by atoms with Crippen LogP contribution in [0, 0.1) is 13.8 Å². The van der Waals surface area contributed by atoms with Crippen molar-refractivity contribution in [3.8, 4) is 16.9 Å². The molecule has 0 aliphatic carbocycles. The second kappa shape index (κ2) is 10.3. The summed E-state index contributed by atoms with van der Waals surface area (Å²) in [5.41, 5.74) is 2.75. The number of nitrogens with one attached hydrogen (secondary N) is 1. The Bertz CT molecular complexity index is 1540. The first-order valence-electron chi connectivity index (χ1n) is 11.5. The maximum Gasteiger partial charge on any atom is 0.258 e. The number of sulfonamides is 1. The van der Waals surface area contributed by atoms with Gasteiger partial charge in [0.25, 0.3) is 5.56 Å². The fraction of sp³-hybridized carbons (Fsp3) is 0.308. The summed E-state index contributed by atoms with van der Waals surface area (Å²) in [5, 5.41) is 5.06. The molecule has 10 heteroatoms. The molecule has 2 heterocycles. The summed E-state index contributed by atoms with van der Waals surface area (Å²) in [6.07, 6.45) is 0. The number of aromatic nitrogens is 2. The molecule has 9 nitrogen and oxygen atoms in total. The highest BCUT2D eigenvalue weighted by molar-refractivity contribution is 7.89. The lowest BCUT2D eigenvalue weighted by atomic mass is 9.96. The van der Waals surface area contributed by atoms with Gasteiger partial charge in [-0.25, -0.2) is 13.1 Å². The molecule has 36 heavy (non-hydrogen) atoms. The lowest BCUT2D eigenvalue weighted by molar-refractivity contribution is 0.385. The van der Waals surface area contributed by atoms with Gasteiger partial charge >= 0.3 is 0 Å². The number of pyridine rings is 1. The second-order valence-electron chi connectivity index (χ2n) is 8.84. The summed E-state index contributed by atoms with van der Waals surface area (Å²) in [6, 6.07) is 15.2. The molecule has 0 unspecified atom stereocenters. The summed E-state index contributed by atoms with van der Waals surface area (Å²) in [5.74, 6) is 0.872. The predicted octanol–water partition coefficient (Wildman–Crippen LogP) is 3.32. The van der Waals surface area contributed by atoms with Crippen molar-refractivity contribution in [2.45, 2.75) is 31.8 Å². The minimum atomic E-state index is -3.86. The van der Waals surface area contributed by atoms with Crippen LogP contribution in [-0.2, 0) is 23.1 Å². The highest BCUT2D eigenvalue weighted by Crippen LogP contribution is 2.33. The van der Waals surface area contributed by atoms with Gasteiger partial charge in [0.1, 0.15) is 16.3 Å². The van der Waals surface area contributed by atoms with Crippen molar-refractivity contribution in [1.29, 1.82) is 0 Å². The van der Waals surface area contributed by atoms with Gasteiger partial charge in [0.05, 0.1) is 7.11 Å². The molecule has 0 radical (unpaired) electrons. The lowest BCUT2D eigenvalue weighted by Crippen LogP contribution is -2.34. The highest BCUT2D eigenvalue weighted by Gasteiger charge is 2.24. The molecule has 0 atom stereocenters. The van der Waals surface area contributed by atoms with E-state index in [4.69, 9.17) is 9.26 Å². The van der Waals surface area contributed by atoms with Gasteiger partial charge in [0.2, 0.25) is 10.0 Å². The Morgan fingerprint density at radius 1 is 1.08 bits per heavy atom. The van der Waals surface area contributed by atoms with E-state index in [1.54, 1.807) is 37.7 Å². The molecule has 2 aromatic heterocycles. The van der Waals surface area contributed by atoms with Gasteiger partial charge in [0.15, 0.2) is 5.76 Å². The Labute approximate surface area is 210 Å². The maximum absolute atomic E-state index is 13.7. The van der Waals surface area contributed by atoms with Crippen LogP contribution < -0.4 is 15.0 Å². The topological polar surface area (TPSA) is 107 Å². The largest absolute Gasteiger partial charge is 0.497 e. The summed E-state index contributed by atoms with van der Waals surface area (Å²) in [4.78, 5) is 15.7. The summed E-state index contributed by atoms with van der Waals surface area (Å²) >= 11 is 0. The number of benzene rings is 2. The van der Waals surface area contributed by atoms with E-state index in [0.29, 0.717) is 17.7 Å². The van der Waals surface area contributed by atoms with E-state index in [1.165, 1.54) is 0 Å². The fourth-order valence-electron chi connectivity index (χ4n) is 4.45. The second-order valence-corrected chi connectivity index (χ2v) is 10.5. The van der Waals surface area contributed by atoms with Gasteiger partial charge in [-0.3, -0.25) is 4.79 Å². The molecule has 0 aliphatic heterocycles. The molecule has 0 bridgehead atoms. The number of fused-ring (bicyclic) bond motifs is 1. The molecule has 0 saturated heterocycles. The number of hydrogen-bond donors (Lipinski definition) is 1. The molecule has 0 amide bonds. The number of ether oxygens (including phenoxy) is 1. The Morgan fingerprint density at radius 2 is 1.81 bits per heavy atom. The van der Waals surface area contributed by atoms with Crippen molar-refractivity contribution in [1.82, 2.24) is 19.3 Å². The molecule has 4 aromatic rings. The molecule has 1 N–H and O–H groups in total. The van der Waals surface area contributed by atoms with E-state index in [1.807, 2.05) is 55.4 Å². The molecule has 2 aromatic carbocycles. The van der Waals surface area contributed by atoms with Crippen molar-refractivity contribution in [2.75, 3.05) is 27.7 Å². The minimum absolute atomic E-state index is 0.0165. The van der Waals surface area contributed by atoms with Crippen LogP contribution in [0.4, 0.5) is 0 Å². The maximum atomic E-state index is 13.7. The normalized spacial score (nSPS) is 11.9. The fourth-order valence-corrected chi connectivity index (χ4v) is 5.80. The molecule has 0 saturated carbocycles. The van der Waals surface area contributed by atoms with Gasteiger partial charge in [-0.05, 0) is 51.7 Å². The van der Waals surface area contributed by atoms with Gasteiger partial charge < -0.3 is 18.7 Å². The smallest absolute Gasteiger partial charge is 0.258 e. The van der Waals surface area contributed by atoms with Crippen molar-refractivity contribution in [3.05, 3.63) is 76.0 Å². The molecular weight excluding hydrogens is 480 g/mol. The van der Waals surface area contributed by atoms with Crippen LogP contribution in [-0.4, -0.2) is 50.8 Å². The monoisotopic (exact) mass is 510 g/mol. The van der Waals surface area contributed by atoms with Crippen molar-refractivity contribution < 1.29 is 17.7 Å². The third-order valence-corrected chi connectivity index (χ3v) is 7.68. The Hall–Kier alpha value is -3.47. The predicted molar refractivity (Wildman–Crippen MR) is 139 cm³/mol. The number of hydrogen-bond acceptors (Lipinski definition) is 7. The number of rotatable bonds is 9. The van der Waals surface area contributed by atoms with Gasteiger partial charge in [-0.1, -0.05) is 35.5 Å². The number of methoxy groups -OCH3 is 1. The van der Waals surface area contributed by atoms with Crippen molar-refractivity contribution >= 4 is 20.8 Å². The Balaban J connectivity index is 1.85. The van der Waals surface area contributed by atoms with E-state index < -0.39 is 10.0 Å². The first-order chi connectivity index (χ1) is 17.1. The average Bonchev–Trinajstić information content (AvgIpc) is 3.19. The van der Waals surface area contributed by atoms with Gasteiger partial charge in [-0.15, -0.1) is 0 Å². The third-order valence-electron chi connectivity index (χ3n) is 5.98. The summed E-state index contributed by atoms with van der Waals surface area (Å²) in [7, 11) is 1.59. The first kappa shape index (κ1) is 25.6. The van der Waals surface area contributed by atoms with Crippen LogP contribution >= 0.6 is 0 Å². The van der Waals surface area contributed by atoms with Gasteiger partial charge in [-0.2, -0.15) is 0 Å². The Morgan fingerprint density at radius 3 is 2.42 bits per heavy atom. The van der Waals surface area contributed by atoms with E-state index >= 15 is 0 Å². The van der Waals surface area contributed by atoms with Crippen LogP contribution in [0.1, 0.15) is 17.1 Å². The highest BCUT2D eigenvalue weighted by atomic mass is 32.2. The Kier molecular flexibility index (Phi) is 7.30. The molecule has 0 spiro atoms. The standard InChI is InChI=1S/C26H30N4O5S/c1-17-25(18(2)35-28-17)36(32,33)27-13-14-30-23(16-29(3)4)24(19-9-7-6-8-10-19)22-15-20(34-5)11-12-21(22)26(30)31/h6-12,15,27H,13-14,16H2,1-5H3. The van der Waals surface area contributed by atoms with E-state index in [9.17, 15) is 13.2 Å². The zero-order valence-corrected chi connectivity index (χ0v) is 21.8. The third kappa shape index (κ3) is 4.92. The van der Waals surface area contributed by atoms with Crippen molar-refractivity contribution in [2.24, 2.45) is 0 Å². The quantitative estimate of drug-likeness (QED) is 0.368. The number of nitrogens with zero attached hydrogens (tertiary/aromatic N) is 3. The lowest BCUT2D eigenvalue weighted by Gasteiger charge is -2.23. The number of aryl methyl sites for hydroxylation is 2. The molecule has 4 rings (SSSR count). The van der Waals surface area contributed by atoms with Crippen LogP contribution in [0.2, 0.25) is 0 Å². The molecule has 0 aliphatic rings.